The number of para-hydroxylation sites is 1. The molecule has 1 aliphatic heterocycles. The molecule has 1 aliphatic rings. The second kappa shape index (κ2) is 3.54. The molecular weight excluding hydrogens is 202 g/mol. The third kappa shape index (κ3) is 1.72. The molecule has 0 aromatic heterocycles. The van der Waals surface area contributed by atoms with Gasteiger partial charge in [0.05, 0.1) is 10.5 Å². The summed E-state index contributed by atoms with van der Waals surface area (Å²) in [7, 11) is 0. The van der Waals surface area contributed by atoms with Gasteiger partial charge in [-0.1, -0.05) is 12.1 Å². The van der Waals surface area contributed by atoms with E-state index in [1.807, 2.05) is 0 Å². The fourth-order valence-corrected chi connectivity index (χ4v) is 1.31. The Balaban J connectivity index is 2.35. The van der Waals surface area contributed by atoms with Gasteiger partial charge in [0.15, 0.2) is 6.23 Å². The summed E-state index contributed by atoms with van der Waals surface area (Å²) in [5.41, 5.74) is 2.28. The highest BCUT2D eigenvalue weighted by atomic mass is 16.7. The molecule has 0 aliphatic carbocycles. The summed E-state index contributed by atoms with van der Waals surface area (Å²) in [5.74, 6) is 0. The molecule has 7 heteroatoms. The molecule has 0 radical (unpaired) electrons. The molecule has 1 aromatic rings. The van der Waals surface area contributed by atoms with Crippen molar-refractivity contribution in [1.82, 2.24) is 10.8 Å². The Morgan fingerprint density at radius 1 is 1.40 bits per heavy atom. The van der Waals surface area contributed by atoms with Gasteiger partial charge in [-0.05, 0) is 6.07 Å². The molecule has 1 aromatic carbocycles. The van der Waals surface area contributed by atoms with Crippen LogP contribution < -0.4 is 10.8 Å². The predicted molar refractivity (Wildman–Crippen MR) is 48.6 cm³/mol. The van der Waals surface area contributed by atoms with Crippen molar-refractivity contribution in [3.05, 3.63) is 39.9 Å². The summed E-state index contributed by atoms with van der Waals surface area (Å²) in [6.45, 7) is 0. The van der Waals surface area contributed by atoms with E-state index in [4.69, 9.17) is 4.84 Å². The fraction of sp³-hybridized carbons (Fsp3) is 0.125. The number of carbonyl (C=O) groups is 1. The molecule has 1 heterocycles. The van der Waals surface area contributed by atoms with Crippen LogP contribution in [0.4, 0.5) is 10.5 Å². The average molecular weight is 209 g/mol. The maximum absolute atomic E-state index is 10.8. The number of carbonyl (C=O) groups excluding carboxylic acids is 1. The topological polar surface area (TPSA) is 93.5 Å². The lowest BCUT2D eigenvalue weighted by Crippen LogP contribution is -2.22. The Morgan fingerprint density at radius 3 is 2.73 bits per heavy atom. The molecule has 78 valence electrons. The van der Waals surface area contributed by atoms with Crippen LogP contribution in [0, 0.1) is 10.1 Å². The van der Waals surface area contributed by atoms with E-state index in [2.05, 4.69) is 10.8 Å². The Bertz CT molecular complexity index is 420. The standard InChI is InChI=1S/C8H7N3O4/c12-8-9-7(15-10-8)5-3-1-2-4-6(5)11(13)14/h1-4,7H,(H2,9,10,12). The van der Waals surface area contributed by atoms with E-state index in [-0.39, 0.29) is 5.69 Å². The normalized spacial score (nSPS) is 19.5. The molecule has 0 spiro atoms. The second-order valence-electron chi connectivity index (χ2n) is 2.89. The largest absolute Gasteiger partial charge is 0.341 e. The van der Waals surface area contributed by atoms with Gasteiger partial charge in [0.1, 0.15) is 0 Å². The minimum atomic E-state index is -0.820. The first-order valence-electron chi connectivity index (χ1n) is 4.14. The second-order valence-corrected chi connectivity index (χ2v) is 2.89. The van der Waals surface area contributed by atoms with Crippen molar-refractivity contribution in [2.24, 2.45) is 0 Å². The van der Waals surface area contributed by atoms with Crippen molar-refractivity contribution in [3.8, 4) is 0 Å². The van der Waals surface area contributed by atoms with Gasteiger partial charge in [-0.2, -0.15) is 0 Å². The van der Waals surface area contributed by atoms with Gasteiger partial charge >= 0.3 is 6.03 Å². The van der Waals surface area contributed by atoms with Crippen molar-refractivity contribution < 1.29 is 14.6 Å². The Kier molecular flexibility index (Phi) is 2.22. The quantitative estimate of drug-likeness (QED) is 0.557. The zero-order valence-electron chi connectivity index (χ0n) is 7.47. The minimum Gasteiger partial charge on any atom is -0.305 e. The number of amides is 2. The van der Waals surface area contributed by atoms with Gasteiger partial charge in [0.25, 0.3) is 5.69 Å². The molecule has 15 heavy (non-hydrogen) atoms. The van der Waals surface area contributed by atoms with E-state index in [0.717, 1.165) is 0 Å². The fourth-order valence-electron chi connectivity index (χ4n) is 1.31. The van der Waals surface area contributed by atoms with Crippen molar-refractivity contribution in [2.45, 2.75) is 6.23 Å². The van der Waals surface area contributed by atoms with Crippen molar-refractivity contribution in [3.63, 3.8) is 0 Å². The van der Waals surface area contributed by atoms with Crippen LogP contribution in [0.25, 0.3) is 0 Å². The van der Waals surface area contributed by atoms with Crippen LogP contribution in [0.15, 0.2) is 24.3 Å². The first-order chi connectivity index (χ1) is 7.18. The monoisotopic (exact) mass is 209 g/mol. The average Bonchev–Trinajstić information content (AvgIpc) is 2.65. The van der Waals surface area contributed by atoms with Crippen LogP contribution in [0.5, 0.6) is 0 Å². The van der Waals surface area contributed by atoms with Gasteiger partial charge < -0.3 is 5.32 Å². The lowest BCUT2D eigenvalue weighted by Gasteiger charge is -2.07. The van der Waals surface area contributed by atoms with Gasteiger partial charge in [0.2, 0.25) is 0 Å². The molecule has 2 rings (SSSR count). The minimum absolute atomic E-state index is 0.0912. The number of nitrogens with one attached hydrogen (secondary N) is 2. The third-order valence-corrected chi connectivity index (χ3v) is 1.95. The summed E-state index contributed by atoms with van der Waals surface area (Å²) < 4.78 is 0. The van der Waals surface area contributed by atoms with Crippen molar-refractivity contribution in [1.29, 1.82) is 0 Å². The number of benzene rings is 1. The molecule has 0 saturated carbocycles. The van der Waals surface area contributed by atoms with E-state index in [9.17, 15) is 14.9 Å². The van der Waals surface area contributed by atoms with Crippen molar-refractivity contribution >= 4 is 11.7 Å². The van der Waals surface area contributed by atoms with E-state index in [1.165, 1.54) is 12.1 Å². The Hall–Kier alpha value is -2.15. The number of nitro groups is 1. The van der Waals surface area contributed by atoms with Gasteiger partial charge in [-0.25, -0.2) is 15.1 Å². The number of rotatable bonds is 2. The summed E-state index contributed by atoms with van der Waals surface area (Å²) in [5, 5.41) is 13.1. The van der Waals surface area contributed by atoms with Crippen LogP contribution in [0.1, 0.15) is 11.8 Å². The Morgan fingerprint density at radius 2 is 2.13 bits per heavy atom. The van der Waals surface area contributed by atoms with E-state index < -0.39 is 17.2 Å². The molecule has 1 fully saturated rings. The summed E-state index contributed by atoms with van der Waals surface area (Å²) in [4.78, 5) is 25.8. The lowest BCUT2D eigenvalue weighted by molar-refractivity contribution is -0.386. The first kappa shape index (κ1) is 9.41. The number of hydrogen-bond acceptors (Lipinski definition) is 4. The summed E-state index contributed by atoms with van der Waals surface area (Å²) in [6.07, 6.45) is -0.820. The number of urea groups is 1. The van der Waals surface area contributed by atoms with Crippen LogP contribution >= 0.6 is 0 Å². The molecule has 7 nitrogen and oxygen atoms in total. The van der Waals surface area contributed by atoms with Crippen LogP contribution in [-0.2, 0) is 4.84 Å². The molecule has 2 amide bonds. The van der Waals surface area contributed by atoms with Crippen LogP contribution in [0.2, 0.25) is 0 Å². The van der Waals surface area contributed by atoms with Gasteiger partial charge in [0, 0.05) is 6.07 Å². The van der Waals surface area contributed by atoms with Crippen molar-refractivity contribution in [2.75, 3.05) is 0 Å². The molecular formula is C8H7N3O4. The van der Waals surface area contributed by atoms with Gasteiger partial charge in [-0.15, -0.1) is 0 Å². The maximum atomic E-state index is 10.8. The lowest BCUT2D eigenvalue weighted by atomic mass is 10.1. The molecule has 1 saturated heterocycles. The number of nitrogens with zero attached hydrogens (tertiary/aromatic N) is 1. The molecule has 1 unspecified atom stereocenters. The van der Waals surface area contributed by atoms with Crippen LogP contribution in [0.3, 0.4) is 0 Å². The van der Waals surface area contributed by atoms with Crippen LogP contribution in [-0.4, -0.2) is 11.0 Å². The third-order valence-electron chi connectivity index (χ3n) is 1.95. The zero-order chi connectivity index (χ0) is 10.8. The van der Waals surface area contributed by atoms with E-state index in [1.54, 1.807) is 12.1 Å². The zero-order valence-corrected chi connectivity index (χ0v) is 7.47. The molecule has 1 atom stereocenters. The first-order valence-corrected chi connectivity index (χ1v) is 4.14. The maximum Gasteiger partial charge on any atom is 0.341 e. The smallest absolute Gasteiger partial charge is 0.305 e. The summed E-state index contributed by atoms with van der Waals surface area (Å²) >= 11 is 0. The van der Waals surface area contributed by atoms with Gasteiger partial charge in [-0.3, -0.25) is 10.1 Å². The number of nitro benzene ring substituents is 1. The highest BCUT2D eigenvalue weighted by Gasteiger charge is 2.28. The Labute approximate surface area is 84.1 Å². The molecule has 0 bridgehead atoms. The number of hydroxylamine groups is 1. The molecule has 2 N–H and O–H groups in total. The van der Waals surface area contributed by atoms with E-state index in [0.29, 0.717) is 5.56 Å². The SMILES string of the molecule is O=C1NOC(c2ccccc2[N+](=O)[O-])N1. The number of hydrogen-bond donors (Lipinski definition) is 2. The summed E-state index contributed by atoms with van der Waals surface area (Å²) in [6, 6.07) is 5.54. The predicted octanol–water partition coefficient (Wildman–Crippen LogP) is 0.838. The highest BCUT2D eigenvalue weighted by Crippen LogP contribution is 2.26. The van der Waals surface area contributed by atoms with E-state index >= 15 is 0 Å². The highest BCUT2D eigenvalue weighted by molar-refractivity contribution is 5.74.